The van der Waals surface area contributed by atoms with Crippen molar-refractivity contribution in [3.63, 3.8) is 0 Å². The number of aliphatic hydroxyl groups excluding tert-OH is 1. The minimum absolute atomic E-state index is 0.0619. The monoisotopic (exact) mass is 156 g/mol. The van der Waals surface area contributed by atoms with Gasteiger partial charge in [0.1, 0.15) is 6.61 Å². The molecule has 0 radical (unpaired) electrons. The lowest BCUT2D eigenvalue weighted by Gasteiger charge is -2.06. The SMILES string of the molecule is C=CCOC(=O)C(=C)[C@H](C)O. The summed E-state index contributed by atoms with van der Waals surface area (Å²) < 4.78 is 4.60. The zero-order valence-corrected chi connectivity index (χ0v) is 6.54. The van der Waals surface area contributed by atoms with Crippen molar-refractivity contribution in [1.82, 2.24) is 0 Å². The summed E-state index contributed by atoms with van der Waals surface area (Å²) in [6.45, 7) is 8.31. The van der Waals surface area contributed by atoms with Crippen LogP contribution in [-0.2, 0) is 9.53 Å². The van der Waals surface area contributed by atoms with E-state index in [1.807, 2.05) is 0 Å². The predicted molar refractivity (Wildman–Crippen MR) is 42.0 cm³/mol. The van der Waals surface area contributed by atoms with Gasteiger partial charge in [-0.05, 0) is 6.92 Å². The molecule has 0 saturated heterocycles. The molecule has 0 rings (SSSR count). The predicted octanol–water partition coefficient (Wildman–Crippen LogP) is 0.653. The number of hydrogen-bond acceptors (Lipinski definition) is 3. The maximum absolute atomic E-state index is 10.8. The van der Waals surface area contributed by atoms with Gasteiger partial charge in [0, 0.05) is 0 Å². The highest BCUT2D eigenvalue weighted by atomic mass is 16.5. The molecule has 62 valence electrons. The number of carbonyl (C=O) groups excluding carboxylic acids is 1. The van der Waals surface area contributed by atoms with Crippen LogP contribution in [0.1, 0.15) is 6.92 Å². The number of carbonyl (C=O) groups is 1. The first kappa shape index (κ1) is 9.91. The Morgan fingerprint density at radius 2 is 2.36 bits per heavy atom. The van der Waals surface area contributed by atoms with Crippen LogP contribution in [-0.4, -0.2) is 23.8 Å². The Bertz CT molecular complexity index is 170. The fourth-order valence-corrected chi connectivity index (χ4v) is 0.398. The summed E-state index contributed by atoms with van der Waals surface area (Å²) in [5.41, 5.74) is 0.0619. The van der Waals surface area contributed by atoms with Crippen molar-refractivity contribution < 1.29 is 14.6 Å². The molecule has 1 atom stereocenters. The van der Waals surface area contributed by atoms with Gasteiger partial charge in [-0.25, -0.2) is 4.79 Å². The smallest absolute Gasteiger partial charge is 0.336 e. The molecular weight excluding hydrogens is 144 g/mol. The Morgan fingerprint density at radius 1 is 1.82 bits per heavy atom. The third-order valence-electron chi connectivity index (χ3n) is 1.10. The lowest BCUT2D eigenvalue weighted by atomic mass is 10.2. The summed E-state index contributed by atoms with van der Waals surface area (Å²) >= 11 is 0. The third-order valence-corrected chi connectivity index (χ3v) is 1.10. The standard InChI is InChI=1S/C8H12O3/c1-4-5-11-8(10)6(2)7(3)9/h4,7,9H,1-2,5H2,3H3/t7-/m0/s1. The molecule has 0 unspecified atom stereocenters. The number of ether oxygens (including phenoxy) is 1. The molecule has 0 amide bonds. The number of esters is 1. The lowest BCUT2D eigenvalue weighted by Crippen LogP contribution is -2.16. The van der Waals surface area contributed by atoms with Gasteiger partial charge < -0.3 is 9.84 Å². The van der Waals surface area contributed by atoms with Crippen molar-refractivity contribution in [2.24, 2.45) is 0 Å². The molecule has 11 heavy (non-hydrogen) atoms. The van der Waals surface area contributed by atoms with E-state index in [2.05, 4.69) is 17.9 Å². The first-order valence-electron chi connectivity index (χ1n) is 3.24. The average molecular weight is 156 g/mol. The van der Waals surface area contributed by atoms with Crippen LogP contribution in [0.2, 0.25) is 0 Å². The van der Waals surface area contributed by atoms with Crippen molar-refractivity contribution in [3.8, 4) is 0 Å². The van der Waals surface area contributed by atoms with Gasteiger partial charge in [0.15, 0.2) is 0 Å². The van der Waals surface area contributed by atoms with Crippen LogP contribution in [0, 0.1) is 0 Å². The van der Waals surface area contributed by atoms with Crippen molar-refractivity contribution in [2.45, 2.75) is 13.0 Å². The molecule has 0 bridgehead atoms. The Hall–Kier alpha value is -1.09. The summed E-state index contributed by atoms with van der Waals surface area (Å²) in [5.74, 6) is -0.583. The highest BCUT2D eigenvalue weighted by Gasteiger charge is 2.12. The van der Waals surface area contributed by atoms with E-state index in [1.165, 1.54) is 13.0 Å². The lowest BCUT2D eigenvalue weighted by molar-refractivity contribution is -0.138. The summed E-state index contributed by atoms with van der Waals surface area (Å²) in [6, 6.07) is 0. The molecule has 0 aliphatic heterocycles. The molecule has 0 saturated carbocycles. The first-order chi connectivity index (χ1) is 5.09. The Morgan fingerprint density at radius 3 is 2.73 bits per heavy atom. The van der Waals surface area contributed by atoms with Crippen LogP contribution in [0.15, 0.2) is 24.8 Å². The van der Waals surface area contributed by atoms with Crippen LogP contribution in [0.5, 0.6) is 0 Å². The van der Waals surface area contributed by atoms with E-state index in [4.69, 9.17) is 5.11 Å². The highest BCUT2D eigenvalue weighted by Crippen LogP contribution is 2.00. The molecule has 0 spiro atoms. The van der Waals surface area contributed by atoms with E-state index in [1.54, 1.807) is 0 Å². The average Bonchev–Trinajstić information content (AvgIpc) is 1.98. The van der Waals surface area contributed by atoms with Gasteiger partial charge in [-0.3, -0.25) is 0 Å². The highest BCUT2D eigenvalue weighted by molar-refractivity contribution is 5.88. The zero-order valence-electron chi connectivity index (χ0n) is 6.54. The van der Waals surface area contributed by atoms with Gasteiger partial charge in [0.05, 0.1) is 11.7 Å². The van der Waals surface area contributed by atoms with E-state index < -0.39 is 12.1 Å². The van der Waals surface area contributed by atoms with Crippen molar-refractivity contribution in [1.29, 1.82) is 0 Å². The molecule has 1 N–H and O–H groups in total. The number of rotatable bonds is 4. The molecule has 0 aromatic heterocycles. The van der Waals surface area contributed by atoms with Gasteiger partial charge in [-0.15, -0.1) is 0 Å². The molecule has 0 aromatic carbocycles. The molecule has 0 aromatic rings. The number of aliphatic hydroxyl groups is 1. The maximum atomic E-state index is 10.8. The summed E-state index contributed by atoms with van der Waals surface area (Å²) in [5, 5.41) is 8.86. The Kier molecular flexibility index (Phi) is 4.22. The molecule has 3 nitrogen and oxygen atoms in total. The topological polar surface area (TPSA) is 46.5 Å². The van der Waals surface area contributed by atoms with Crippen LogP contribution < -0.4 is 0 Å². The van der Waals surface area contributed by atoms with Crippen molar-refractivity contribution in [3.05, 3.63) is 24.8 Å². The molecule has 0 aliphatic rings. The second-order valence-corrected chi connectivity index (χ2v) is 2.09. The van der Waals surface area contributed by atoms with Gasteiger partial charge in [-0.2, -0.15) is 0 Å². The largest absolute Gasteiger partial charge is 0.458 e. The van der Waals surface area contributed by atoms with Gasteiger partial charge in [0.25, 0.3) is 0 Å². The van der Waals surface area contributed by atoms with Crippen LogP contribution in [0.3, 0.4) is 0 Å². The molecule has 3 heteroatoms. The van der Waals surface area contributed by atoms with E-state index >= 15 is 0 Å². The first-order valence-corrected chi connectivity index (χ1v) is 3.24. The third kappa shape index (κ3) is 3.57. The van der Waals surface area contributed by atoms with Crippen molar-refractivity contribution in [2.75, 3.05) is 6.61 Å². The zero-order chi connectivity index (χ0) is 8.85. The summed E-state index contributed by atoms with van der Waals surface area (Å²) in [7, 11) is 0. The van der Waals surface area contributed by atoms with Crippen LogP contribution in [0.25, 0.3) is 0 Å². The van der Waals surface area contributed by atoms with E-state index in [9.17, 15) is 4.79 Å². The second-order valence-electron chi connectivity index (χ2n) is 2.09. The van der Waals surface area contributed by atoms with E-state index in [0.717, 1.165) is 0 Å². The molecular formula is C8H12O3. The van der Waals surface area contributed by atoms with Gasteiger partial charge in [0.2, 0.25) is 0 Å². The van der Waals surface area contributed by atoms with Crippen LogP contribution >= 0.6 is 0 Å². The fraction of sp³-hybridized carbons (Fsp3) is 0.375. The normalized spacial score (nSPS) is 11.8. The quantitative estimate of drug-likeness (QED) is 0.369. The summed E-state index contributed by atoms with van der Waals surface area (Å²) in [6.07, 6.45) is 0.597. The molecule has 0 fully saturated rings. The van der Waals surface area contributed by atoms with E-state index in [-0.39, 0.29) is 12.2 Å². The van der Waals surface area contributed by atoms with Crippen LogP contribution in [0.4, 0.5) is 0 Å². The number of hydrogen-bond donors (Lipinski definition) is 1. The minimum atomic E-state index is -0.854. The maximum Gasteiger partial charge on any atom is 0.336 e. The minimum Gasteiger partial charge on any atom is -0.458 e. The second kappa shape index (κ2) is 4.68. The van der Waals surface area contributed by atoms with Gasteiger partial charge in [-0.1, -0.05) is 19.2 Å². The molecule has 0 aliphatic carbocycles. The fourth-order valence-electron chi connectivity index (χ4n) is 0.398. The van der Waals surface area contributed by atoms with E-state index in [0.29, 0.717) is 0 Å². The summed E-state index contributed by atoms with van der Waals surface area (Å²) in [4.78, 5) is 10.8. The van der Waals surface area contributed by atoms with Gasteiger partial charge >= 0.3 is 5.97 Å². The molecule has 0 heterocycles. The Labute approximate surface area is 66.0 Å². The van der Waals surface area contributed by atoms with Crippen molar-refractivity contribution >= 4 is 5.97 Å². The Balaban J connectivity index is 3.83.